The molecule has 4 N–H and O–H groups in total. The maximum absolute atomic E-state index is 13.0. The maximum atomic E-state index is 13.0. The molecule has 0 spiro atoms. The molecule has 58 heavy (non-hydrogen) atoms. The van der Waals surface area contributed by atoms with Gasteiger partial charge >= 0.3 is 0 Å². The summed E-state index contributed by atoms with van der Waals surface area (Å²) in [6.45, 7) is 20.4. The van der Waals surface area contributed by atoms with Crippen LogP contribution in [-0.2, 0) is 30.9 Å². The first kappa shape index (κ1) is 43.7. The average molecular weight is 833 g/mol. The Bertz CT molecular complexity index is 2350. The summed E-state index contributed by atoms with van der Waals surface area (Å²) in [5.74, 6) is 0.924. The van der Waals surface area contributed by atoms with Gasteiger partial charge in [0.2, 0.25) is 20.0 Å². The minimum Gasteiger partial charge on any atom is -0.382 e. The third-order valence-electron chi connectivity index (χ3n) is 9.17. The molecule has 3 aromatic heterocycles. The van der Waals surface area contributed by atoms with Crippen LogP contribution >= 0.6 is 0 Å². The largest absolute Gasteiger partial charge is 0.382 e. The van der Waals surface area contributed by atoms with Crippen molar-refractivity contribution in [2.24, 2.45) is 20.5 Å². The van der Waals surface area contributed by atoms with Crippen LogP contribution < -0.4 is 11.5 Å². The summed E-state index contributed by atoms with van der Waals surface area (Å²) in [4.78, 5) is 9.22. The highest BCUT2D eigenvalue weighted by Crippen LogP contribution is 2.40. The third-order valence-corrected chi connectivity index (χ3v) is 13.3. The van der Waals surface area contributed by atoms with Gasteiger partial charge in [0.1, 0.15) is 6.33 Å². The Kier molecular flexibility index (Phi) is 12.7. The van der Waals surface area contributed by atoms with E-state index in [-0.39, 0.29) is 21.4 Å². The summed E-state index contributed by atoms with van der Waals surface area (Å²) in [7, 11) is -7.26. The number of anilines is 2. The summed E-state index contributed by atoms with van der Waals surface area (Å²) in [5.41, 5.74) is 14.9. The maximum Gasteiger partial charge on any atom is 0.243 e. The van der Waals surface area contributed by atoms with Crippen LogP contribution in [0.4, 0.5) is 34.4 Å². The fourth-order valence-corrected chi connectivity index (χ4v) is 8.90. The number of nitrogen functional groups attached to an aromatic ring is 2. The molecule has 0 radical (unpaired) electrons. The highest BCUT2D eigenvalue weighted by atomic mass is 32.2. The van der Waals surface area contributed by atoms with Gasteiger partial charge in [-0.05, 0) is 48.5 Å². The second-order valence-corrected chi connectivity index (χ2v) is 19.2. The number of nitrogens with zero attached hydrogens (tertiary/aromatic N) is 12. The van der Waals surface area contributed by atoms with Crippen molar-refractivity contribution in [3.05, 3.63) is 72.3 Å². The predicted molar refractivity (Wildman–Crippen MR) is 224 cm³/mol. The number of aromatic nitrogens is 6. The second kappa shape index (κ2) is 16.8. The van der Waals surface area contributed by atoms with Gasteiger partial charge in [-0.2, -0.15) is 38.4 Å². The molecule has 0 saturated carbocycles. The van der Waals surface area contributed by atoms with Crippen LogP contribution in [0.25, 0.3) is 11.6 Å². The van der Waals surface area contributed by atoms with Crippen molar-refractivity contribution in [3.8, 4) is 11.6 Å². The fourth-order valence-electron chi connectivity index (χ4n) is 5.98. The monoisotopic (exact) mass is 832 g/mol. The molecule has 0 bridgehead atoms. The quantitative estimate of drug-likeness (QED) is 0.104. The Labute approximate surface area is 340 Å². The first-order valence-corrected chi connectivity index (χ1v) is 21.7. The number of hydrogen-bond acceptors (Lipinski definition) is 14. The van der Waals surface area contributed by atoms with E-state index in [0.717, 1.165) is 0 Å². The first-order chi connectivity index (χ1) is 27.2. The lowest BCUT2D eigenvalue weighted by molar-refractivity contribution is 0.444. The van der Waals surface area contributed by atoms with Crippen LogP contribution in [0.1, 0.15) is 80.6 Å². The Balaban J connectivity index is 1.49. The predicted octanol–water partition coefficient (Wildman–Crippen LogP) is 7.50. The van der Waals surface area contributed by atoms with Crippen molar-refractivity contribution in [2.45, 2.75) is 89.9 Å². The molecular weight excluding hydrogens is 781 g/mol. The fraction of sp³-hybridized carbons (Fsp3) is 0.421. The summed E-state index contributed by atoms with van der Waals surface area (Å²) < 4.78 is 57.5. The van der Waals surface area contributed by atoms with E-state index in [9.17, 15) is 16.8 Å². The van der Waals surface area contributed by atoms with E-state index in [1.165, 1.54) is 48.6 Å². The van der Waals surface area contributed by atoms with Gasteiger partial charge in [0, 0.05) is 43.1 Å². The molecular formula is C38H52N14O4S2. The van der Waals surface area contributed by atoms with Crippen LogP contribution in [0, 0.1) is 0 Å². The zero-order chi connectivity index (χ0) is 42.8. The van der Waals surface area contributed by atoms with E-state index in [2.05, 4.69) is 30.4 Å². The van der Waals surface area contributed by atoms with E-state index >= 15 is 0 Å². The van der Waals surface area contributed by atoms with Gasteiger partial charge in [-0.25, -0.2) is 26.8 Å². The van der Waals surface area contributed by atoms with Crippen LogP contribution in [-0.4, -0.2) is 81.2 Å². The molecule has 0 atom stereocenters. The van der Waals surface area contributed by atoms with Gasteiger partial charge in [0.05, 0.1) is 32.6 Å². The molecule has 0 fully saturated rings. The molecule has 2 aromatic carbocycles. The molecule has 0 amide bonds. The zero-order valence-electron chi connectivity index (χ0n) is 34.6. The summed E-state index contributed by atoms with van der Waals surface area (Å²) in [5, 5.41) is 27.3. The first-order valence-electron chi connectivity index (χ1n) is 18.8. The van der Waals surface area contributed by atoms with Gasteiger partial charge < -0.3 is 11.5 Å². The smallest absolute Gasteiger partial charge is 0.243 e. The molecule has 310 valence electrons. The molecule has 0 aliphatic rings. The molecule has 5 aromatic rings. The minimum atomic E-state index is -3.63. The third kappa shape index (κ3) is 8.83. The molecule has 0 saturated heterocycles. The van der Waals surface area contributed by atoms with Crippen molar-refractivity contribution >= 4 is 54.4 Å². The minimum absolute atomic E-state index is 0.160. The Morgan fingerprint density at radius 2 is 0.897 bits per heavy atom. The van der Waals surface area contributed by atoms with Gasteiger partial charge in [-0.1, -0.05) is 69.2 Å². The number of azo groups is 2. The molecule has 3 heterocycles. The number of benzene rings is 2. The van der Waals surface area contributed by atoms with Crippen LogP contribution in [0.2, 0.25) is 0 Å². The van der Waals surface area contributed by atoms with Gasteiger partial charge in [0.25, 0.3) is 0 Å². The number of sulfonamides is 2. The van der Waals surface area contributed by atoms with Crippen molar-refractivity contribution in [1.29, 1.82) is 0 Å². The standard InChI is InChI=1S/C38H52N14O4S2/c1-11-49(12-2)57(53,54)27-19-15-25(16-20-27)43-45-31-33(37(5,6)7)47-51(35(31)39)29-23-30(42-24-41-29)52-36(40)32(34(48-52)38(8,9)10)46-44-26-17-21-28(22-18-26)58(55,56)50(13-3)14-4/h15-24H,11-14,39-40H2,1-10H3. The van der Waals surface area contributed by atoms with Crippen molar-refractivity contribution in [1.82, 2.24) is 38.1 Å². The van der Waals surface area contributed by atoms with E-state index in [1.54, 1.807) is 58.0 Å². The van der Waals surface area contributed by atoms with Crippen LogP contribution in [0.3, 0.4) is 0 Å². The average Bonchev–Trinajstić information content (AvgIpc) is 3.70. The van der Waals surface area contributed by atoms with Crippen LogP contribution in [0.5, 0.6) is 0 Å². The number of nitrogens with two attached hydrogens (primary N) is 2. The molecule has 0 aliphatic heterocycles. The zero-order valence-corrected chi connectivity index (χ0v) is 36.2. The van der Waals surface area contributed by atoms with Crippen molar-refractivity contribution in [3.63, 3.8) is 0 Å². The second-order valence-electron chi connectivity index (χ2n) is 15.3. The van der Waals surface area contributed by atoms with Gasteiger partial charge in [-0.15, -0.1) is 10.2 Å². The normalized spacial score (nSPS) is 13.2. The Hall–Kier alpha value is -5.44. The lowest BCUT2D eigenvalue weighted by Gasteiger charge is -2.18. The van der Waals surface area contributed by atoms with E-state index in [1.807, 2.05) is 41.5 Å². The van der Waals surface area contributed by atoms with Gasteiger partial charge in [-0.3, -0.25) is 0 Å². The number of hydrogen-bond donors (Lipinski definition) is 2. The molecule has 20 heteroatoms. The summed E-state index contributed by atoms with van der Waals surface area (Å²) >= 11 is 0. The molecule has 0 aliphatic carbocycles. The topological polar surface area (TPSA) is 238 Å². The van der Waals surface area contributed by atoms with Crippen molar-refractivity contribution < 1.29 is 16.8 Å². The SMILES string of the molecule is CCN(CC)S(=O)(=O)c1ccc(N=Nc2c(C(C)(C)C)nn(-c3cc(-n4nc(C(C)(C)C)c(N=Nc5ccc(S(=O)(=O)N(CC)CC)cc5)c4N)ncn3)c2N)cc1. The molecule has 18 nitrogen and oxygen atoms in total. The highest BCUT2D eigenvalue weighted by molar-refractivity contribution is 7.89. The number of rotatable bonds is 14. The Morgan fingerprint density at radius 1 is 0.569 bits per heavy atom. The lowest BCUT2D eigenvalue weighted by Crippen LogP contribution is -2.30. The van der Waals surface area contributed by atoms with E-state index < -0.39 is 30.9 Å². The summed E-state index contributed by atoms with van der Waals surface area (Å²) in [6.07, 6.45) is 1.34. The highest BCUT2D eigenvalue weighted by Gasteiger charge is 2.30. The summed E-state index contributed by atoms with van der Waals surface area (Å²) in [6, 6.07) is 14.0. The van der Waals surface area contributed by atoms with E-state index in [4.69, 9.17) is 21.7 Å². The van der Waals surface area contributed by atoms with Crippen molar-refractivity contribution in [2.75, 3.05) is 37.6 Å². The lowest BCUT2D eigenvalue weighted by atomic mass is 9.91. The molecule has 5 rings (SSSR count). The van der Waals surface area contributed by atoms with Crippen LogP contribution in [0.15, 0.2) is 91.2 Å². The van der Waals surface area contributed by atoms with E-state index in [0.29, 0.717) is 72.0 Å². The Morgan fingerprint density at radius 3 is 1.19 bits per heavy atom. The molecule has 0 unspecified atom stereocenters. The van der Waals surface area contributed by atoms with Gasteiger partial charge in [0.15, 0.2) is 34.6 Å².